The zero-order valence-corrected chi connectivity index (χ0v) is 19.2. The standard InChI is InChI=1S/C24H28N8O2/c1-2-31-21-19(29-22(31)23(33)27-15-6-5-7-15)20(25-14-26-21)30-12-10-16(11-13-30)32-18-9-4-3-8-17(18)28-24(32)34/h3-4,8-9,14-16H,2,5-7,10-13H2,1H3,(H,27,33)(H,28,34). The first-order valence-electron chi connectivity index (χ1n) is 12.1. The number of carbonyl (C=O) groups excluding carboxylic acids is 1. The molecule has 10 heteroatoms. The number of nitrogens with one attached hydrogen (secondary N) is 2. The zero-order chi connectivity index (χ0) is 23.2. The predicted octanol–water partition coefficient (Wildman–Crippen LogP) is 2.61. The van der Waals surface area contributed by atoms with Gasteiger partial charge in [0.15, 0.2) is 17.0 Å². The molecule has 0 radical (unpaired) electrons. The summed E-state index contributed by atoms with van der Waals surface area (Å²) >= 11 is 0. The average Bonchev–Trinajstić information content (AvgIpc) is 3.38. The van der Waals surface area contributed by atoms with Crippen molar-refractivity contribution in [1.82, 2.24) is 34.4 Å². The van der Waals surface area contributed by atoms with Crippen LogP contribution in [-0.2, 0) is 6.54 Å². The van der Waals surface area contributed by atoms with Crippen LogP contribution in [0, 0.1) is 0 Å². The highest BCUT2D eigenvalue weighted by atomic mass is 16.2. The van der Waals surface area contributed by atoms with Crippen LogP contribution in [0.3, 0.4) is 0 Å². The number of benzene rings is 1. The van der Waals surface area contributed by atoms with Gasteiger partial charge in [-0.1, -0.05) is 12.1 Å². The summed E-state index contributed by atoms with van der Waals surface area (Å²) in [5, 5.41) is 3.09. The molecule has 1 amide bonds. The topological polar surface area (TPSA) is 114 Å². The molecule has 0 atom stereocenters. The van der Waals surface area contributed by atoms with Gasteiger partial charge in [-0.2, -0.15) is 0 Å². The van der Waals surface area contributed by atoms with E-state index in [1.54, 1.807) is 6.33 Å². The Labute approximate surface area is 196 Å². The SMILES string of the molecule is CCn1c(C(=O)NC2CCC2)nc2c(N3CCC(n4c(=O)[nH]c5ccccc54)CC3)ncnc21. The average molecular weight is 461 g/mol. The highest BCUT2D eigenvalue weighted by Gasteiger charge is 2.29. The number of anilines is 1. The smallest absolute Gasteiger partial charge is 0.326 e. The second-order valence-corrected chi connectivity index (χ2v) is 9.19. The first-order valence-corrected chi connectivity index (χ1v) is 12.1. The summed E-state index contributed by atoms with van der Waals surface area (Å²) in [4.78, 5) is 44.4. The summed E-state index contributed by atoms with van der Waals surface area (Å²) < 4.78 is 3.75. The number of nitrogens with zero attached hydrogens (tertiary/aromatic N) is 6. The third-order valence-electron chi connectivity index (χ3n) is 7.23. The van der Waals surface area contributed by atoms with Gasteiger partial charge in [0, 0.05) is 31.7 Å². The molecule has 10 nitrogen and oxygen atoms in total. The molecule has 0 spiro atoms. The van der Waals surface area contributed by atoms with Crippen LogP contribution >= 0.6 is 0 Å². The van der Waals surface area contributed by atoms with Crippen LogP contribution in [0.4, 0.5) is 5.82 Å². The van der Waals surface area contributed by atoms with E-state index in [2.05, 4.69) is 25.2 Å². The first kappa shape index (κ1) is 20.9. The van der Waals surface area contributed by atoms with Crippen molar-refractivity contribution in [3.63, 3.8) is 0 Å². The second kappa shape index (κ2) is 8.27. The van der Waals surface area contributed by atoms with Gasteiger partial charge >= 0.3 is 5.69 Å². The Morgan fingerprint density at radius 1 is 1.15 bits per heavy atom. The Morgan fingerprint density at radius 2 is 1.94 bits per heavy atom. The molecule has 4 heterocycles. The number of rotatable bonds is 5. The molecule has 1 aliphatic carbocycles. The Hall–Kier alpha value is -3.69. The maximum absolute atomic E-state index is 12.9. The molecule has 0 unspecified atom stereocenters. The fraction of sp³-hybridized carbons (Fsp3) is 0.458. The summed E-state index contributed by atoms with van der Waals surface area (Å²) in [6, 6.07) is 8.18. The predicted molar refractivity (Wildman–Crippen MR) is 129 cm³/mol. The van der Waals surface area contributed by atoms with Crippen molar-refractivity contribution in [3.05, 3.63) is 46.9 Å². The van der Waals surface area contributed by atoms with Crippen LogP contribution in [0.25, 0.3) is 22.2 Å². The van der Waals surface area contributed by atoms with Crippen LogP contribution in [0.15, 0.2) is 35.4 Å². The lowest BCUT2D eigenvalue weighted by Gasteiger charge is -2.33. The third-order valence-corrected chi connectivity index (χ3v) is 7.23. The summed E-state index contributed by atoms with van der Waals surface area (Å²) in [6.07, 6.45) is 6.39. The number of hydrogen-bond acceptors (Lipinski definition) is 6. The molecule has 34 heavy (non-hydrogen) atoms. The molecule has 2 N–H and O–H groups in total. The van der Waals surface area contributed by atoms with Crippen molar-refractivity contribution >= 4 is 33.9 Å². The Kier molecular flexibility index (Phi) is 5.08. The molecule has 1 saturated heterocycles. The number of imidazole rings is 2. The Balaban J connectivity index is 1.27. The van der Waals surface area contributed by atoms with Gasteiger partial charge in [-0.15, -0.1) is 0 Å². The molecular weight excluding hydrogens is 432 g/mol. The molecule has 6 rings (SSSR count). The maximum atomic E-state index is 12.9. The largest absolute Gasteiger partial charge is 0.355 e. The number of hydrogen-bond donors (Lipinski definition) is 2. The number of piperidine rings is 1. The van der Waals surface area contributed by atoms with Crippen LogP contribution in [0.2, 0.25) is 0 Å². The number of fused-ring (bicyclic) bond motifs is 2. The van der Waals surface area contributed by atoms with Crippen molar-refractivity contribution in [2.75, 3.05) is 18.0 Å². The number of aromatic nitrogens is 6. The van der Waals surface area contributed by atoms with Crippen LogP contribution in [0.5, 0.6) is 0 Å². The van der Waals surface area contributed by atoms with E-state index in [1.165, 1.54) is 0 Å². The normalized spacial score (nSPS) is 17.4. The zero-order valence-electron chi connectivity index (χ0n) is 19.2. The van der Waals surface area contributed by atoms with E-state index in [0.29, 0.717) is 23.5 Å². The van der Waals surface area contributed by atoms with E-state index < -0.39 is 0 Å². The molecule has 176 valence electrons. The van der Waals surface area contributed by atoms with E-state index >= 15 is 0 Å². The highest BCUT2D eigenvalue weighted by Crippen LogP contribution is 2.30. The number of amides is 1. The van der Waals surface area contributed by atoms with Gasteiger partial charge in [0.05, 0.1) is 11.0 Å². The fourth-order valence-electron chi connectivity index (χ4n) is 5.20. The quantitative estimate of drug-likeness (QED) is 0.473. The van der Waals surface area contributed by atoms with E-state index in [9.17, 15) is 9.59 Å². The van der Waals surface area contributed by atoms with E-state index in [4.69, 9.17) is 4.98 Å². The second-order valence-electron chi connectivity index (χ2n) is 9.19. The fourth-order valence-corrected chi connectivity index (χ4v) is 5.20. The van der Waals surface area contributed by atoms with Crippen molar-refractivity contribution in [1.29, 1.82) is 0 Å². The van der Waals surface area contributed by atoms with Crippen molar-refractivity contribution < 1.29 is 4.79 Å². The van der Waals surface area contributed by atoms with Crippen LogP contribution in [0.1, 0.15) is 55.7 Å². The Bertz CT molecular complexity index is 1420. The summed E-state index contributed by atoms with van der Waals surface area (Å²) in [6.45, 7) is 4.08. The lowest BCUT2D eigenvalue weighted by molar-refractivity contribution is 0.0902. The molecule has 4 aromatic rings. The minimum atomic E-state index is -0.145. The van der Waals surface area contributed by atoms with E-state index in [0.717, 1.165) is 62.0 Å². The molecule has 1 aromatic carbocycles. The van der Waals surface area contributed by atoms with E-state index in [-0.39, 0.29) is 23.7 Å². The molecule has 2 fully saturated rings. The number of H-pyrrole nitrogens is 1. The van der Waals surface area contributed by atoms with Crippen molar-refractivity contribution in [3.8, 4) is 0 Å². The summed E-state index contributed by atoms with van der Waals surface area (Å²) in [5.41, 5.74) is 3.09. The van der Waals surface area contributed by atoms with Gasteiger partial charge in [-0.3, -0.25) is 9.36 Å². The molecule has 1 aliphatic heterocycles. The van der Waals surface area contributed by atoms with Gasteiger partial charge in [0.1, 0.15) is 6.33 Å². The van der Waals surface area contributed by atoms with Crippen LogP contribution in [-0.4, -0.2) is 54.1 Å². The summed E-state index contributed by atoms with van der Waals surface area (Å²) in [5.74, 6) is 0.999. The lowest BCUT2D eigenvalue weighted by Crippen LogP contribution is -2.40. The molecular formula is C24H28N8O2. The molecule has 3 aromatic heterocycles. The van der Waals surface area contributed by atoms with Crippen molar-refractivity contribution in [2.24, 2.45) is 0 Å². The molecule has 1 saturated carbocycles. The third kappa shape index (κ3) is 3.36. The van der Waals surface area contributed by atoms with E-state index in [1.807, 2.05) is 40.3 Å². The lowest BCUT2D eigenvalue weighted by atomic mass is 9.93. The van der Waals surface area contributed by atoms with Gasteiger partial charge < -0.3 is 19.8 Å². The Morgan fingerprint density at radius 3 is 2.68 bits per heavy atom. The number of aromatic amines is 1. The molecule has 0 bridgehead atoms. The van der Waals surface area contributed by atoms with Gasteiger partial charge in [-0.05, 0) is 51.2 Å². The van der Waals surface area contributed by atoms with Gasteiger partial charge in [-0.25, -0.2) is 19.7 Å². The minimum absolute atomic E-state index is 0.0621. The molecule has 2 aliphatic rings. The van der Waals surface area contributed by atoms with Gasteiger partial charge in [0.25, 0.3) is 5.91 Å². The number of aryl methyl sites for hydroxylation is 1. The summed E-state index contributed by atoms with van der Waals surface area (Å²) in [7, 11) is 0. The highest BCUT2D eigenvalue weighted by molar-refractivity contribution is 5.96. The maximum Gasteiger partial charge on any atom is 0.326 e. The van der Waals surface area contributed by atoms with Crippen LogP contribution < -0.4 is 15.9 Å². The van der Waals surface area contributed by atoms with Gasteiger partial charge in [0.2, 0.25) is 5.82 Å². The monoisotopic (exact) mass is 460 g/mol. The first-order chi connectivity index (χ1) is 16.6. The van der Waals surface area contributed by atoms with Crippen molar-refractivity contribution in [2.45, 2.75) is 57.7 Å². The number of carbonyl (C=O) groups is 1. The minimum Gasteiger partial charge on any atom is -0.355 e. The number of para-hydroxylation sites is 2.